The normalized spacial score (nSPS) is 16.6. The lowest BCUT2D eigenvalue weighted by Crippen LogP contribution is -2.43. The van der Waals surface area contributed by atoms with Crippen LogP contribution in [0, 0.1) is 18.3 Å². The van der Waals surface area contributed by atoms with Gasteiger partial charge in [-0.3, -0.25) is 4.79 Å². The number of sulfonamides is 1. The molecular weight excluding hydrogens is 347 g/mol. The molecule has 1 aromatic carbocycles. The molecule has 0 heterocycles. The average molecular weight is 361 g/mol. The molecule has 1 atom stereocenters. The molecule has 0 radical (unpaired) electrons. The van der Waals surface area contributed by atoms with Crippen LogP contribution in [-0.4, -0.2) is 36.4 Å². The summed E-state index contributed by atoms with van der Waals surface area (Å²) in [4.78, 5) is 10.6. The average Bonchev–Trinajstić information content (AvgIpc) is 3.30. The van der Waals surface area contributed by atoms with E-state index in [-0.39, 0.29) is 5.92 Å². The second kappa shape index (κ2) is 6.45. The molecule has 2 rings (SSSR count). The van der Waals surface area contributed by atoms with Gasteiger partial charge in [0, 0.05) is 0 Å². The van der Waals surface area contributed by atoms with Gasteiger partial charge < -0.3 is 5.11 Å². The first-order valence-electron chi connectivity index (χ1n) is 6.94. The highest BCUT2D eigenvalue weighted by atomic mass is 32.2. The molecular formula is C15H14F3NO4S. The number of hydrogen-bond donors (Lipinski definition) is 1. The van der Waals surface area contributed by atoms with Gasteiger partial charge in [0.15, 0.2) is 0 Å². The fourth-order valence-corrected chi connectivity index (χ4v) is 3.85. The molecule has 0 aliphatic heterocycles. The minimum atomic E-state index is -4.60. The molecule has 5 nitrogen and oxygen atoms in total. The van der Waals surface area contributed by atoms with Gasteiger partial charge in [0.25, 0.3) is 0 Å². The Hall–Kier alpha value is -2.05. The number of carboxylic acids is 1. The highest BCUT2D eigenvalue weighted by molar-refractivity contribution is 7.89. The van der Waals surface area contributed by atoms with Crippen LogP contribution in [0.4, 0.5) is 13.2 Å². The molecule has 1 aromatic rings. The second-order valence-electron chi connectivity index (χ2n) is 5.42. The van der Waals surface area contributed by atoms with Crippen molar-refractivity contribution in [1.29, 1.82) is 0 Å². The molecule has 130 valence electrons. The monoisotopic (exact) mass is 361 g/mol. The zero-order chi connectivity index (χ0) is 18.1. The first kappa shape index (κ1) is 18.3. The van der Waals surface area contributed by atoms with Gasteiger partial charge in [-0.1, -0.05) is 5.92 Å². The molecule has 1 N–H and O–H groups in total. The van der Waals surface area contributed by atoms with Crippen LogP contribution in [0.1, 0.15) is 18.4 Å². The summed E-state index contributed by atoms with van der Waals surface area (Å²) in [7, 11) is -4.33. The van der Waals surface area contributed by atoms with E-state index in [1.54, 1.807) is 0 Å². The molecule has 1 fully saturated rings. The van der Waals surface area contributed by atoms with Gasteiger partial charge >= 0.3 is 12.1 Å². The SMILES string of the molecule is C#CC(C1CC1)N(CC(=O)O)S(=O)(=O)c1ccc(C(F)(F)F)cc1. The van der Waals surface area contributed by atoms with Gasteiger partial charge in [-0.2, -0.15) is 17.5 Å². The molecule has 0 bridgehead atoms. The maximum absolute atomic E-state index is 12.6. The molecule has 0 spiro atoms. The summed E-state index contributed by atoms with van der Waals surface area (Å²) in [6.45, 7) is -0.852. The third-order valence-electron chi connectivity index (χ3n) is 3.63. The van der Waals surface area contributed by atoms with Crippen molar-refractivity contribution in [2.75, 3.05) is 6.54 Å². The highest BCUT2D eigenvalue weighted by Gasteiger charge is 2.41. The molecule has 1 unspecified atom stereocenters. The van der Waals surface area contributed by atoms with Crippen LogP contribution in [0.5, 0.6) is 0 Å². The minimum absolute atomic E-state index is 0.140. The van der Waals surface area contributed by atoms with Gasteiger partial charge in [-0.05, 0) is 43.0 Å². The third-order valence-corrected chi connectivity index (χ3v) is 5.47. The third kappa shape index (κ3) is 3.88. The molecule has 24 heavy (non-hydrogen) atoms. The number of nitrogens with zero attached hydrogens (tertiary/aromatic N) is 1. The van der Waals surface area contributed by atoms with Crippen molar-refractivity contribution in [2.45, 2.75) is 30.0 Å². The van der Waals surface area contributed by atoms with Crippen molar-refractivity contribution < 1.29 is 31.5 Å². The summed E-state index contributed by atoms with van der Waals surface area (Å²) in [5, 5.41) is 8.97. The number of terminal acetylenes is 1. The van der Waals surface area contributed by atoms with Gasteiger partial charge in [0.2, 0.25) is 10.0 Å². The zero-order valence-corrected chi connectivity index (χ0v) is 13.1. The largest absolute Gasteiger partial charge is 0.480 e. The van der Waals surface area contributed by atoms with E-state index in [0.29, 0.717) is 29.3 Å². The van der Waals surface area contributed by atoms with Crippen LogP contribution in [0.15, 0.2) is 29.2 Å². The van der Waals surface area contributed by atoms with E-state index >= 15 is 0 Å². The Morgan fingerprint density at radius 2 is 1.88 bits per heavy atom. The first-order chi connectivity index (χ1) is 11.1. The summed E-state index contributed by atoms with van der Waals surface area (Å²) < 4.78 is 63.7. The van der Waals surface area contributed by atoms with Crippen LogP contribution < -0.4 is 0 Å². The maximum atomic E-state index is 12.6. The summed E-state index contributed by atoms with van der Waals surface area (Å²) >= 11 is 0. The van der Waals surface area contributed by atoms with Crippen molar-refractivity contribution in [3.05, 3.63) is 29.8 Å². The van der Waals surface area contributed by atoms with Gasteiger partial charge in [-0.25, -0.2) is 8.42 Å². The van der Waals surface area contributed by atoms with E-state index in [4.69, 9.17) is 11.5 Å². The molecule has 1 saturated carbocycles. The Kier molecular flexibility index (Phi) is 4.92. The van der Waals surface area contributed by atoms with Crippen LogP contribution in [0.3, 0.4) is 0 Å². The van der Waals surface area contributed by atoms with E-state index in [1.165, 1.54) is 0 Å². The van der Waals surface area contributed by atoms with Crippen molar-refractivity contribution in [3.8, 4) is 12.3 Å². The lowest BCUT2D eigenvalue weighted by Gasteiger charge is -2.26. The number of rotatable bonds is 6. The Labute approximate surface area is 137 Å². The van der Waals surface area contributed by atoms with Crippen molar-refractivity contribution >= 4 is 16.0 Å². The number of alkyl halides is 3. The van der Waals surface area contributed by atoms with E-state index in [0.717, 1.165) is 12.1 Å². The van der Waals surface area contributed by atoms with E-state index in [9.17, 15) is 26.4 Å². The fraction of sp³-hybridized carbons (Fsp3) is 0.400. The molecule has 9 heteroatoms. The molecule has 0 amide bonds. The van der Waals surface area contributed by atoms with Gasteiger partial charge in [-0.15, -0.1) is 6.42 Å². The quantitative estimate of drug-likeness (QED) is 0.789. The molecule has 1 aliphatic rings. The molecule has 1 aliphatic carbocycles. The van der Waals surface area contributed by atoms with Crippen molar-refractivity contribution in [2.24, 2.45) is 5.92 Å². The number of carbonyl (C=O) groups is 1. The summed E-state index contributed by atoms with van der Waals surface area (Å²) in [5.41, 5.74) is -0.998. The molecule has 0 saturated heterocycles. The Balaban J connectivity index is 2.40. The maximum Gasteiger partial charge on any atom is 0.416 e. The Bertz CT molecular complexity index is 761. The van der Waals surface area contributed by atoms with Crippen LogP contribution in [-0.2, 0) is 21.0 Å². The summed E-state index contributed by atoms with van der Waals surface area (Å²) in [5.74, 6) is 0.747. The van der Waals surface area contributed by atoms with Gasteiger partial charge in [0.05, 0.1) is 16.5 Å². The lowest BCUT2D eigenvalue weighted by molar-refractivity contribution is -0.138. The van der Waals surface area contributed by atoms with Crippen LogP contribution in [0.25, 0.3) is 0 Å². The standard InChI is InChI=1S/C15H14F3NO4S/c1-2-13(10-3-4-10)19(9-14(20)21)24(22,23)12-7-5-11(6-8-12)15(16,17)18/h1,5-8,10,13H,3-4,9H2,(H,20,21). The number of aliphatic carboxylic acids is 1. The number of carboxylic acid groups (broad SMARTS) is 1. The lowest BCUT2D eigenvalue weighted by atomic mass is 10.2. The van der Waals surface area contributed by atoms with Crippen LogP contribution in [0.2, 0.25) is 0 Å². The Morgan fingerprint density at radius 1 is 1.33 bits per heavy atom. The fourth-order valence-electron chi connectivity index (χ4n) is 2.28. The molecule has 0 aromatic heterocycles. The predicted molar refractivity (Wildman–Crippen MR) is 78.3 cm³/mol. The highest BCUT2D eigenvalue weighted by Crippen LogP contribution is 2.37. The number of halogens is 3. The smallest absolute Gasteiger partial charge is 0.416 e. The second-order valence-corrected chi connectivity index (χ2v) is 7.31. The van der Waals surface area contributed by atoms with Crippen molar-refractivity contribution in [1.82, 2.24) is 4.31 Å². The summed E-state index contributed by atoms with van der Waals surface area (Å²) in [6, 6.07) is 1.93. The van der Waals surface area contributed by atoms with E-state index < -0.39 is 45.2 Å². The first-order valence-corrected chi connectivity index (χ1v) is 8.38. The number of benzene rings is 1. The van der Waals surface area contributed by atoms with E-state index in [2.05, 4.69) is 5.92 Å². The van der Waals surface area contributed by atoms with Gasteiger partial charge in [0.1, 0.15) is 6.54 Å². The minimum Gasteiger partial charge on any atom is -0.480 e. The van der Waals surface area contributed by atoms with Crippen molar-refractivity contribution in [3.63, 3.8) is 0 Å². The number of hydrogen-bond acceptors (Lipinski definition) is 3. The van der Waals surface area contributed by atoms with Crippen LogP contribution >= 0.6 is 0 Å². The Morgan fingerprint density at radius 3 is 2.25 bits per heavy atom. The topological polar surface area (TPSA) is 74.7 Å². The zero-order valence-electron chi connectivity index (χ0n) is 12.3. The predicted octanol–water partition coefficient (Wildman–Crippen LogP) is 2.19. The summed E-state index contributed by atoms with van der Waals surface area (Å²) in [6.07, 6.45) is 2.10. The van der Waals surface area contributed by atoms with E-state index in [1.807, 2.05) is 0 Å².